The van der Waals surface area contributed by atoms with E-state index in [9.17, 15) is 5.11 Å². The van der Waals surface area contributed by atoms with Gasteiger partial charge in [-0.15, -0.1) is 0 Å². The second-order valence-corrected chi connectivity index (χ2v) is 4.47. The summed E-state index contributed by atoms with van der Waals surface area (Å²) in [7, 11) is 0. The lowest BCUT2D eigenvalue weighted by atomic mass is 9.89. The van der Waals surface area contributed by atoms with E-state index < -0.39 is 5.60 Å². The van der Waals surface area contributed by atoms with E-state index in [2.05, 4.69) is 25.9 Å². The van der Waals surface area contributed by atoms with Crippen molar-refractivity contribution in [3.8, 4) is 0 Å². The molecule has 0 aliphatic heterocycles. The molecule has 0 aliphatic carbocycles. The third kappa shape index (κ3) is 2.85. The van der Waals surface area contributed by atoms with Crippen molar-refractivity contribution in [3.05, 3.63) is 18.0 Å². The van der Waals surface area contributed by atoms with Gasteiger partial charge in [0.15, 0.2) is 0 Å². The lowest BCUT2D eigenvalue weighted by molar-refractivity contribution is 0.00815. The van der Waals surface area contributed by atoms with Gasteiger partial charge in [-0.05, 0) is 25.3 Å². The molecule has 0 bridgehead atoms. The molecule has 0 atom stereocenters. The predicted octanol–water partition coefficient (Wildman–Crippen LogP) is 3.08. The summed E-state index contributed by atoms with van der Waals surface area (Å²) in [6.07, 6.45) is 6.46. The number of hydrogen-bond donors (Lipinski definition) is 1. The molecule has 0 fully saturated rings. The highest BCUT2D eigenvalue weighted by atomic mass is 16.3. The number of hydrogen-bond acceptors (Lipinski definition) is 2. The maximum Gasteiger partial charge on any atom is 0.106 e. The second-order valence-electron chi connectivity index (χ2n) is 4.47. The Morgan fingerprint density at radius 3 is 2.31 bits per heavy atom. The number of nitrogens with zero attached hydrogens (tertiary/aromatic N) is 2. The van der Waals surface area contributed by atoms with Crippen LogP contribution in [0, 0.1) is 0 Å². The molecule has 0 amide bonds. The van der Waals surface area contributed by atoms with Crippen molar-refractivity contribution in [2.75, 3.05) is 0 Å². The Balaban J connectivity index is 2.95. The summed E-state index contributed by atoms with van der Waals surface area (Å²) >= 11 is 0. The number of aryl methyl sites for hydroxylation is 1. The van der Waals surface area contributed by atoms with Crippen molar-refractivity contribution in [3.63, 3.8) is 0 Å². The van der Waals surface area contributed by atoms with Crippen LogP contribution < -0.4 is 0 Å². The van der Waals surface area contributed by atoms with Crippen molar-refractivity contribution < 1.29 is 5.11 Å². The molecule has 0 aromatic carbocycles. The normalized spacial score (nSPS) is 12.0. The number of aromatic nitrogens is 2. The zero-order chi connectivity index (χ0) is 12.0. The minimum atomic E-state index is -0.685. The standard InChI is InChI=1S/C13H24N2O/c1-4-8-13(16,9-5-2)12-7-10-14-15(12)11-6-3/h7,10,16H,4-6,8-9,11H2,1-3H3. The quantitative estimate of drug-likeness (QED) is 0.773. The van der Waals surface area contributed by atoms with Gasteiger partial charge in [0.1, 0.15) is 5.60 Å². The Bertz CT molecular complexity index is 301. The molecule has 0 unspecified atom stereocenters. The van der Waals surface area contributed by atoms with E-state index in [0.29, 0.717) is 0 Å². The molecule has 0 saturated carbocycles. The third-order valence-electron chi connectivity index (χ3n) is 2.96. The zero-order valence-corrected chi connectivity index (χ0v) is 10.7. The lowest BCUT2D eigenvalue weighted by Gasteiger charge is -2.28. The summed E-state index contributed by atoms with van der Waals surface area (Å²) in [5.41, 5.74) is 0.299. The topological polar surface area (TPSA) is 38.0 Å². The summed E-state index contributed by atoms with van der Waals surface area (Å²) in [5, 5.41) is 15.0. The molecule has 0 radical (unpaired) electrons. The molecule has 3 nitrogen and oxygen atoms in total. The molecule has 0 saturated heterocycles. The Morgan fingerprint density at radius 1 is 1.19 bits per heavy atom. The molecule has 0 aliphatic rings. The fourth-order valence-electron chi connectivity index (χ4n) is 2.33. The maximum absolute atomic E-state index is 10.7. The van der Waals surface area contributed by atoms with Crippen molar-refractivity contribution in [2.24, 2.45) is 0 Å². The first kappa shape index (κ1) is 13.2. The summed E-state index contributed by atoms with van der Waals surface area (Å²) in [6.45, 7) is 7.24. The average molecular weight is 224 g/mol. The second kappa shape index (κ2) is 6.04. The van der Waals surface area contributed by atoms with Crippen molar-refractivity contribution in [1.29, 1.82) is 0 Å². The summed E-state index contributed by atoms with van der Waals surface area (Å²) < 4.78 is 1.95. The largest absolute Gasteiger partial charge is 0.384 e. The van der Waals surface area contributed by atoms with Gasteiger partial charge in [-0.1, -0.05) is 33.6 Å². The average Bonchev–Trinajstić information content (AvgIpc) is 2.68. The molecule has 0 spiro atoms. The Labute approximate surface area is 98.5 Å². The smallest absolute Gasteiger partial charge is 0.106 e. The van der Waals surface area contributed by atoms with Gasteiger partial charge in [-0.2, -0.15) is 5.10 Å². The van der Waals surface area contributed by atoms with E-state index >= 15 is 0 Å². The predicted molar refractivity (Wildman–Crippen MR) is 66.2 cm³/mol. The minimum Gasteiger partial charge on any atom is -0.384 e. The monoisotopic (exact) mass is 224 g/mol. The van der Waals surface area contributed by atoms with Crippen LogP contribution in [0.1, 0.15) is 58.6 Å². The summed E-state index contributed by atoms with van der Waals surface area (Å²) in [6, 6.07) is 1.96. The molecule has 1 rings (SSSR count). The van der Waals surface area contributed by atoms with Gasteiger partial charge in [-0.25, -0.2) is 0 Å². The summed E-state index contributed by atoms with van der Waals surface area (Å²) in [5.74, 6) is 0. The maximum atomic E-state index is 10.7. The minimum absolute atomic E-state index is 0.685. The molecule has 1 aromatic heterocycles. The van der Waals surface area contributed by atoms with Crippen LogP contribution in [-0.4, -0.2) is 14.9 Å². The zero-order valence-electron chi connectivity index (χ0n) is 10.7. The number of rotatable bonds is 7. The first-order chi connectivity index (χ1) is 7.68. The van der Waals surface area contributed by atoms with Crippen LogP contribution in [-0.2, 0) is 12.1 Å². The molecule has 1 aromatic rings. The Morgan fingerprint density at radius 2 is 1.81 bits per heavy atom. The highest BCUT2D eigenvalue weighted by molar-refractivity contribution is 5.11. The van der Waals surface area contributed by atoms with E-state index in [1.165, 1.54) is 0 Å². The molecular formula is C13H24N2O. The lowest BCUT2D eigenvalue weighted by Crippen LogP contribution is -2.29. The molecular weight excluding hydrogens is 200 g/mol. The van der Waals surface area contributed by atoms with Crippen LogP contribution in [0.25, 0.3) is 0 Å². The van der Waals surface area contributed by atoms with Gasteiger partial charge in [0.2, 0.25) is 0 Å². The van der Waals surface area contributed by atoms with Gasteiger partial charge in [0.25, 0.3) is 0 Å². The Kier molecular flexibility index (Phi) is 5.00. The van der Waals surface area contributed by atoms with Crippen LogP contribution in [0.3, 0.4) is 0 Å². The van der Waals surface area contributed by atoms with Crippen LogP contribution >= 0.6 is 0 Å². The SMILES string of the molecule is CCCn1nccc1C(O)(CCC)CCC. The molecule has 1 N–H and O–H groups in total. The van der Waals surface area contributed by atoms with E-state index in [4.69, 9.17) is 0 Å². The van der Waals surface area contributed by atoms with Crippen LogP contribution in [0.2, 0.25) is 0 Å². The van der Waals surface area contributed by atoms with Crippen molar-refractivity contribution in [1.82, 2.24) is 9.78 Å². The number of aliphatic hydroxyl groups is 1. The van der Waals surface area contributed by atoms with E-state index in [-0.39, 0.29) is 0 Å². The van der Waals surface area contributed by atoms with Crippen molar-refractivity contribution in [2.45, 2.75) is 65.0 Å². The van der Waals surface area contributed by atoms with E-state index in [1.807, 2.05) is 10.7 Å². The third-order valence-corrected chi connectivity index (χ3v) is 2.96. The van der Waals surface area contributed by atoms with E-state index in [1.54, 1.807) is 6.20 Å². The Hall–Kier alpha value is -0.830. The van der Waals surface area contributed by atoms with Gasteiger partial charge in [-0.3, -0.25) is 4.68 Å². The first-order valence-electron chi connectivity index (χ1n) is 6.42. The summed E-state index contributed by atoms with van der Waals surface area (Å²) in [4.78, 5) is 0. The van der Waals surface area contributed by atoms with Crippen LogP contribution in [0.5, 0.6) is 0 Å². The molecule has 16 heavy (non-hydrogen) atoms. The van der Waals surface area contributed by atoms with Gasteiger partial charge in [0, 0.05) is 12.7 Å². The molecule has 3 heteroatoms. The van der Waals surface area contributed by atoms with Gasteiger partial charge >= 0.3 is 0 Å². The fourth-order valence-corrected chi connectivity index (χ4v) is 2.33. The fraction of sp³-hybridized carbons (Fsp3) is 0.769. The highest BCUT2D eigenvalue weighted by Crippen LogP contribution is 2.31. The first-order valence-corrected chi connectivity index (χ1v) is 6.42. The molecule has 1 heterocycles. The highest BCUT2D eigenvalue weighted by Gasteiger charge is 2.30. The van der Waals surface area contributed by atoms with E-state index in [0.717, 1.165) is 44.3 Å². The van der Waals surface area contributed by atoms with Crippen molar-refractivity contribution >= 4 is 0 Å². The van der Waals surface area contributed by atoms with Gasteiger partial charge < -0.3 is 5.11 Å². The molecule has 92 valence electrons. The van der Waals surface area contributed by atoms with Gasteiger partial charge in [0.05, 0.1) is 5.69 Å². The van der Waals surface area contributed by atoms with Crippen LogP contribution in [0.15, 0.2) is 12.3 Å². The van der Waals surface area contributed by atoms with Crippen LogP contribution in [0.4, 0.5) is 0 Å².